The maximum atomic E-state index is 13.0. The molecule has 5 rings (SSSR count). The molecule has 0 unspecified atom stereocenters. The summed E-state index contributed by atoms with van der Waals surface area (Å²) in [5.74, 6) is 0.335. The number of nitrogens with one attached hydrogen (secondary N) is 2. The number of thiophene rings is 1. The van der Waals surface area contributed by atoms with Crippen molar-refractivity contribution in [3.8, 4) is 5.75 Å². The summed E-state index contributed by atoms with van der Waals surface area (Å²) in [4.78, 5) is 39.3. The maximum absolute atomic E-state index is 13.0. The molecule has 12 heteroatoms. The predicted octanol–water partition coefficient (Wildman–Crippen LogP) is 4.67. The minimum atomic E-state index is -0.397. The summed E-state index contributed by atoms with van der Waals surface area (Å²) in [7, 11) is 0. The lowest BCUT2D eigenvalue weighted by Crippen LogP contribution is -2.29. The summed E-state index contributed by atoms with van der Waals surface area (Å²) in [6.07, 6.45) is 3.44. The molecule has 2 heterocycles. The third-order valence-corrected chi connectivity index (χ3v) is 8.98. The van der Waals surface area contributed by atoms with Gasteiger partial charge in [-0.1, -0.05) is 60.3 Å². The van der Waals surface area contributed by atoms with Crippen LogP contribution in [0.2, 0.25) is 0 Å². The third kappa shape index (κ3) is 8.02. The molecule has 4 aromatic rings. The molecule has 0 saturated carbocycles. The van der Waals surface area contributed by atoms with E-state index < -0.39 is 5.97 Å². The molecule has 2 N–H and O–H groups in total. The Morgan fingerprint density at radius 2 is 1.77 bits per heavy atom. The van der Waals surface area contributed by atoms with Gasteiger partial charge in [-0.15, -0.1) is 21.5 Å². The Morgan fingerprint density at radius 3 is 2.53 bits per heavy atom. The first-order chi connectivity index (χ1) is 21.0. The third-order valence-electron chi connectivity index (χ3n) is 6.80. The summed E-state index contributed by atoms with van der Waals surface area (Å²) >= 11 is 2.71. The van der Waals surface area contributed by atoms with Crippen LogP contribution in [0.25, 0.3) is 0 Å². The monoisotopic (exact) mass is 619 g/mol. The van der Waals surface area contributed by atoms with E-state index >= 15 is 0 Å². The van der Waals surface area contributed by atoms with Gasteiger partial charge in [0.2, 0.25) is 5.91 Å². The minimum absolute atomic E-state index is 0.0750. The van der Waals surface area contributed by atoms with E-state index in [0.717, 1.165) is 41.7 Å². The highest BCUT2D eigenvalue weighted by molar-refractivity contribution is 7.99. The molecule has 0 fully saturated rings. The van der Waals surface area contributed by atoms with E-state index in [0.29, 0.717) is 33.8 Å². The molecule has 0 bridgehead atoms. The van der Waals surface area contributed by atoms with Gasteiger partial charge in [0, 0.05) is 11.4 Å². The number of aromatic nitrogens is 3. The Kier molecular flexibility index (Phi) is 10.5. The second-order valence-electron chi connectivity index (χ2n) is 9.78. The van der Waals surface area contributed by atoms with Gasteiger partial charge < -0.3 is 24.7 Å². The molecule has 10 nitrogen and oxygen atoms in total. The molecule has 1 aliphatic rings. The second kappa shape index (κ2) is 14.8. The molecule has 0 saturated heterocycles. The molecule has 0 radical (unpaired) electrons. The molecule has 0 atom stereocenters. The van der Waals surface area contributed by atoms with Crippen molar-refractivity contribution in [1.82, 2.24) is 20.1 Å². The van der Waals surface area contributed by atoms with Gasteiger partial charge in [0.05, 0.1) is 24.5 Å². The maximum Gasteiger partial charge on any atom is 0.341 e. The average Bonchev–Trinajstić information content (AvgIpc) is 3.72. The van der Waals surface area contributed by atoms with E-state index in [1.807, 2.05) is 53.1 Å². The van der Waals surface area contributed by atoms with E-state index in [1.54, 1.807) is 19.1 Å². The lowest BCUT2D eigenvalue weighted by molar-refractivity contribution is -0.123. The first kappa shape index (κ1) is 30.3. The van der Waals surface area contributed by atoms with Gasteiger partial charge >= 0.3 is 5.97 Å². The number of benzene rings is 2. The number of hydrogen-bond donors (Lipinski definition) is 2. The van der Waals surface area contributed by atoms with E-state index in [4.69, 9.17) is 9.47 Å². The summed E-state index contributed by atoms with van der Waals surface area (Å²) in [6, 6.07) is 19.2. The first-order valence-corrected chi connectivity index (χ1v) is 16.0. The summed E-state index contributed by atoms with van der Waals surface area (Å²) in [5, 5.41) is 15.5. The molecule has 0 spiro atoms. The van der Waals surface area contributed by atoms with Crippen molar-refractivity contribution in [1.29, 1.82) is 0 Å². The Labute approximate surface area is 258 Å². The van der Waals surface area contributed by atoms with Crippen molar-refractivity contribution in [3.05, 3.63) is 88.1 Å². The van der Waals surface area contributed by atoms with Crippen molar-refractivity contribution >= 4 is 45.9 Å². The summed E-state index contributed by atoms with van der Waals surface area (Å²) < 4.78 is 12.7. The zero-order chi connectivity index (χ0) is 30.0. The molecule has 2 amide bonds. The van der Waals surface area contributed by atoms with Crippen LogP contribution in [0.1, 0.15) is 45.5 Å². The highest BCUT2D eigenvalue weighted by Gasteiger charge is 2.28. The van der Waals surface area contributed by atoms with Crippen LogP contribution >= 0.6 is 23.1 Å². The second-order valence-corrected chi connectivity index (χ2v) is 11.8. The van der Waals surface area contributed by atoms with Gasteiger partial charge in [0.1, 0.15) is 10.8 Å². The number of hydrogen-bond acceptors (Lipinski definition) is 9. The number of carbonyl (C=O) groups is 3. The number of anilines is 1. The SMILES string of the molecule is CCOC(=O)c1c(NC(=O)CSc2nnc(CNC(=O)COc3ccccc3)n2CCc2ccccc2)sc2c1CCC2. The van der Waals surface area contributed by atoms with E-state index in [9.17, 15) is 14.4 Å². The predicted molar refractivity (Wildman–Crippen MR) is 166 cm³/mol. The largest absolute Gasteiger partial charge is 0.484 e. The lowest BCUT2D eigenvalue weighted by atomic mass is 10.1. The standard InChI is InChI=1S/C31H33N5O5S2/c1-2-40-30(39)28-23-14-9-15-24(23)43-29(28)33-27(38)20-42-31-35-34-25(36(31)17-16-21-10-5-3-6-11-21)18-32-26(37)19-41-22-12-7-4-8-13-22/h3-8,10-13H,2,9,14-20H2,1H3,(H,32,37)(H,33,38). The average molecular weight is 620 g/mol. The van der Waals surface area contributed by atoms with E-state index in [2.05, 4.69) is 20.8 Å². The van der Waals surface area contributed by atoms with Crippen LogP contribution in [-0.4, -0.2) is 51.5 Å². The Morgan fingerprint density at radius 1 is 1.00 bits per heavy atom. The number of carbonyl (C=O) groups excluding carboxylic acids is 3. The number of ether oxygens (including phenoxy) is 2. The van der Waals surface area contributed by atoms with Gasteiger partial charge in [-0.05, 0) is 55.9 Å². The number of fused-ring (bicyclic) bond motifs is 1. The molecule has 1 aliphatic carbocycles. The van der Waals surface area contributed by atoms with Crippen LogP contribution in [0.3, 0.4) is 0 Å². The summed E-state index contributed by atoms with van der Waals surface area (Å²) in [6.45, 7) is 2.65. The zero-order valence-electron chi connectivity index (χ0n) is 23.8. The fourth-order valence-electron chi connectivity index (χ4n) is 4.77. The molecule has 224 valence electrons. The van der Waals surface area contributed by atoms with Crippen LogP contribution in [0, 0.1) is 0 Å². The minimum Gasteiger partial charge on any atom is -0.484 e. The normalized spacial score (nSPS) is 12.0. The highest BCUT2D eigenvalue weighted by Crippen LogP contribution is 2.39. The fraction of sp³-hybridized carbons (Fsp3) is 0.323. The van der Waals surface area contributed by atoms with Gasteiger partial charge in [0.25, 0.3) is 5.91 Å². The van der Waals surface area contributed by atoms with Crippen molar-refractivity contribution in [2.45, 2.75) is 50.9 Å². The van der Waals surface area contributed by atoms with Crippen molar-refractivity contribution in [2.75, 3.05) is 24.3 Å². The number of rotatable bonds is 14. The van der Waals surface area contributed by atoms with E-state index in [-0.39, 0.29) is 37.3 Å². The molecular weight excluding hydrogens is 587 g/mol. The van der Waals surface area contributed by atoms with Crippen molar-refractivity contribution in [3.63, 3.8) is 0 Å². The van der Waals surface area contributed by atoms with Crippen LogP contribution < -0.4 is 15.4 Å². The smallest absolute Gasteiger partial charge is 0.341 e. The van der Waals surface area contributed by atoms with Crippen LogP contribution in [-0.2, 0) is 46.7 Å². The van der Waals surface area contributed by atoms with Gasteiger partial charge in [-0.25, -0.2) is 4.79 Å². The van der Waals surface area contributed by atoms with Crippen LogP contribution in [0.15, 0.2) is 65.8 Å². The van der Waals surface area contributed by atoms with Gasteiger partial charge in [-0.2, -0.15) is 0 Å². The Hall–Kier alpha value is -4.16. The molecule has 43 heavy (non-hydrogen) atoms. The number of thioether (sulfide) groups is 1. The lowest BCUT2D eigenvalue weighted by Gasteiger charge is -2.12. The summed E-state index contributed by atoms with van der Waals surface area (Å²) in [5.41, 5.74) is 2.62. The number of nitrogens with zero attached hydrogens (tertiary/aromatic N) is 3. The molecule has 0 aliphatic heterocycles. The quantitative estimate of drug-likeness (QED) is 0.154. The Balaban J connectivity index is 1.23. The zero-order valence-corrected chi connectivity index (χ0v) is 25.5. The molecule has 2 aromatic carbocycles. The first-order valence-electron chi connectivity index (χ1n) is 14.2. The Bertz CT molecular complexity index is 1560. The number of para-hydroxylation sites is 1. The number of amides is 2. The topological polar surface area (TPSA) is 124 Å². The van der Waals surface area contributed by atoms with Crippen LogP contribution in [0.4, 0.5) is 5.00 Å². The number of esters is 1. The van der Waals surface area contributed by atoms with Crippen molar-refractivity contribution < 1.29 is 23.9 Å². The van der Waals surface area contributed by atoms with Gasteiger partial charge in [-0.3, -0.25) is 9.59 Å². The van der Waals surface area contributed by atoms with Gasteiger partial charge in [0.15, 0.2) is 17.6 Å². The molecule has 2 aromatic heterocycles. The number of aryl methyl sites for hydroxylation is 2. The molecular formula is C31H33N5O5S2. The van der Waals surface area contributed by atoms with Crippen molar-refractivity contribution in [2.24, 2.45) is 0 Å². The fourth-order valence-corrected chi connectivity index (χ4v) is 6.84. The van der Waals surface area contributed by atoms with Crippen LogP contribution in [0.5, 0.6) is 5.75 Å². The highest BCUT2D eigenvalue weighted by atomic mass is 32.2. The van der Waals surface area contributed by atoms with E-state index in [1.165, 1.54) is 23.1 Å².